The molecule has 0 bridgehead atoms. The van der Waals surface area contributed by atoms with Crippen molar-refractivity contribution in [2.24, 2.45) is 0 Å². The van der Waals surface area contributed by atoms with E-state index in [1.54, 1.807) is 36.4 Å². The first-order chi connectivity index (χ1) is 9.29. The van der Waals surface area contributed by atoms with Crippen molar-refractivity contribution in [1.82, 2.24) is 4.98 Å². The zero-order chi connectivity index (χ0) is 13.2. The van der Waals surface area contributed by atoms with Crippen LogP contribution in [0.1, 0.15) is 26.5 Å². The summed E-state index contributed by atoms with van der Waals surface area (Å²) in [5, 5.41) is 0.647. The van der Waals surface area contributed by atoms with Gasteiger partial charge < -0.3 is 4.42 Å². The normalized spacial score (nSPS) is 10.5. The molecule has 4 nitrogen and oxygen atoms in total. The van der Waals surface area contributed by atoms with Crippen molar-refractivity contribution in [3.05, 3.63) is 65.7 Å². The lowest BCUT2D eigenvalue weighted by atomic mass is 10.0. The van der Waals surface area contributed by atoms with Crippen LogP contribution in [-0.2, 0) is 0 Å². The van der Waals surface area contributed by atoms with Crippen LogP contribution in [0, 0.1) is 0 Å². The lowest BCUT2D eigenvalue weighted by Gasteiger charge is -2.04. The minimum Gasteiger partial charge on any atom is -0.461 e. The first kappa shape index (κ1) is 11.3. The van der Waals surface area contributed by atoms with Gasteiger partial charge >= 0.3 is 0 Å². The van der Waals surface area contributed by atoms with Crippen LogP contribution in [0.3, 0.4) is 0 Å². The molecule has 0 saturated heterocycles. The Morgan fingerprint density at radius 1 is 1.21 bits per heavy atom. The number of carbonyl (C=O) groups excluding carboxylic acids is 2. The second-order valence-corrected chi connectivity index (χ2v) is 4.07. The summed E-state index contributed by atoms with van der Waals surface area (Å²) in [6.07, 6.45) is 3.64. The van der Waals surface area contributed by atoms with Gasteiger partial charge in [0.2, 0.25) is 5.78 Å². The molecular formula is C15H9NO3. The van der Waals surface area contributed by atoms with Crippen LogP contribution in [0.25, 0.3) is 10.9 Å². The number of aldehydes is 1. The van der Waals surface area contributed by atoms with E-state index in [1.807, 2.05) is 0 Å². The molecule has 92 valence electrons. The van der Waals surface area contributed by atoms with E-state index in [9.17, 15) is 9.59 Å². The molecule has 1 aromatic carbocycles. The molecule has 4 heteroatoms. The Morgan fingerprint density at radius 3 is 2.84 bits per heavy atom. The summed E-state index contributed by atoms with van der Waals surface area (Å²) in [5.41, 5.74) is 1.58. The van der Waals surface area contributed by atoms with Gasteiger partial charge in [-0.25, -0.2) is 0 Å². The number of rotatable bonds is 3. The number of pyridine rings is 1. The van der Waals surface area contributed by atoms with Crippen molar-refractivity contribution in [3.63, 3.8) is 0 Å². The third kappa shape index (κ3) is 1.93. The SMILES string of the molecule is O=Cc1cnc2cccc(C(=O)c3ccco3)c2c1. The Balaban J connectivity index is 2.23. The highest BCUT2D eigenvalue weighted by molar-refractivity contribution is 6.15. The van der Waals surface area contributed by atoms with Crippen LogP contribution in [0.15, 0.2) is 53.3 Å². The van der Waals surface area contributed by atoms with Crippen LogP contribution in [0.5, 0.6) is 0 Å². The average molecular weight is 251 g/mol. The van der Waals surface area contributed by atoms with Crippen molar-refractivity contribution < 1.29 is 14.0 Å². The maximum atomic E-state index is 12.3. The number of nitrogens with zero attached hydrogens (tertiary/aromatic N) is 1. The fourth-order valence-electron chi connectivity index (χ4n) is 1.97. The van der Waals surface area contributed by atoms with Gasteiger partial charge in [0.1, 0.15) is 0 Å². The van der Waals surface area contributed by atoms with Crippen LogP contribution in [-0.4, -0.2) is 17.1 Å². The number of ketones is 1. The summed E-state index contributed by atoms with van der Waals surface area (Å²) in [6, 6.07) is 10.2. The van der Waals surface area contributed by atoms with E-state index in [0.29, 0.717) is 28.3 Å². The summed E-state index contributed by atoms with van der Waals surface area (Å²) < 4.78 is 5.12. The quantitative estimate of drug-likeness (QED) is 0.530. The summed E-state index contributed by atoms with van der Waals surface area (Å²) >= 11 is 0. The van der Waals surface area contributed by atoms with Crippen molar-refractivity contribution >= 4 is 23.0 Å². The third-order valence-electron chi connectivity index (χ3n) is 2.87. The summed E-state index contributed by atoms with van der Waals surface area (Å²) in [5.74, 6) is 0.0458. The number of hydrogen-bond acceptors (Lipinski definition) is 4. The zero-order valence-electron chi connectivity index (χ0n) is 9.87. The molecule has 0 saturated carbocycles. The molecule has 0 aliphatic carbocycles. The minimum absolute atomic E-state index is 0.222. The van der Waals surface area contributed by atoms with Gasteiger partial charge in [0.05, 0.1) is 11.8 Å². The zero-order valence-corrected chi connectivity index (χ0v) is 9.87. The van der Waals surface area contributed by atoms with E-state index in [1.165, 1.54) is 12.5 Å². The first-order valence-electron chi connectivity index (χ1n) is 5.72. The molecule has 3 aromatic rings. The second-order valence-electron chi connectivity index (χ2n) is 4.07. The van der Waals surface area contributed by atoms with Crippen molar-refractivity contribution in [2.75, 3.05) is 0 Å². The minimum atomic E-state index is -0.222. The summed E-state index contributed by atoms with van der Waals surface area (Å²) in [6.45, 7) is 0. The largest absolute Gasteiger partial charge is 0.461 e. The van der Waals surface area contributed by atoms with Crippen LogP contribution in [0.2, 0.25) is 0 Å². The standard InChI is InChI=1S/C15H9NO3/c17-9-10-7-12-11(3-1-4-13(12)16-8-10)15(18)14-5-2-6-19-14/h1-9H. The monoisotopic (exact) mass is 251 g/mol. The number of fused-ring (bicyclic) bond motifs is 1. The fraction of sp³-hybridized carbons (Fsp3) is 0. The second kappa shape index (κ2) is 4.49. The third-order valence-corrected chi connectivity index (χ3v) is 2.87. The summed E-state index contributed by atoms with van der Waals surface area (Å²) in [7, 11) is 0. The van der Waals surface area contributed by atoms with E-state index in [-0.39, 0.29) is 11.5 Å². The van der Waals surface area contributed by atoms with Gasteiger partial charge in [-0.15, -0.1) is 0 Å². The number of hydrogen-bond donors (Lipinski definition) is 0. The van der Waals surface area contributed by atoms with E-state index in [4.69, 9.17) is 4.42 Å². The van der Waals surface area contributed by atoms with Gasteiger partial charge in [-0.05, 0) is 24.3 Å². The van der Waals surface area contributed by atoms with Gasteiger partial charge in [0.15, 0.2) is 12.0 Å². The highest BCUT2D eigenvalue weighted by atomic mass is 16.3. The van der Waals surface area contributed by atoms with Crippen LogP contribution >= 0.6 is 0 Å². The van der Waals surface area contributed by atoms with Crippen LogP contribution in [0.4, 0.5) is 0 Å². The molecule has 0 N–H and O–H groups in total. The molecule has 0 aliphatic heterocycles. The summed E-state index contributed by atoms with van der Waals surface area (Å²) in [4.78, 5) is 27.3. The Morgan fingerprint density at radius 2 is 2.11 bits per heavy atom. The molecule has 0 atom stereocenters. The number of benzene rings is 1. The van der Waals surface area contributed by atoms with Crippen molar-refractivity contribution in [2.45, 2.75) is 0 Å². The topological polar surface area (TPSA) is 60.2 Å². The van der Waals surface area contributed by atoms with E-state index < -0.39 is 0 Å². The molecule has 0 spiro atoms. The van der Waals surface area contributed by atoms with Gasteiger partial charge in [0, 0.05) is 22.7 Å². The van der Waals surface area contributed by atoms with Gasteiger partial charge in [0.25, 0.3) is 0 Å². The molecule has 2 heterocycles. The first-order valence-corrected chi connectivity index (χ1v) is 5.72. The van der Waals surface area contributed by atoms with Gasteiger partial charge in [-0.3, -0.25) is 14.6 Å². The van der Waals surface area contributed by atoms with Gasteiger partial charge in [-0.2, -0.15) is 0 Å². The predicted molar refractivity (Wildman–Crippen MR) is 69.3 cm³/mol. The van der Waals surface area contributed by atoms with E-state index in [2.05, 4.69) is 4.98 Å². The van der Waals surface area contributed by atoms with Gasteiger partial charge in [-0.1, -0.05) is 12.1 Å². The highest BCUT2D eigenvalue weighted by Gasteiger charge is 2.15. The molecule has 0 unspecified atom stereocenters. The van der Waals surface area contributed by atoms with E-state index in [0.717, 1.165) is 0 Å². The maximum absolute atomic E-state index is 12.3. The van der Waals surface area contributed by atoms with Crippen molar-refractivity contribution in [1.29, 1.82) is 0 Å². The average Bonchev–Trinajstić information content (AvgIpc) is 2.99. The molecule has 19 heavy (non-hydrogen) atoms. The molecule has 0 aliphatic rings. The smallest absolute Gasteiger partial charge is 0.228 e. The number of furan rings is 1. The number of carbonyl (C=O) groups is 2. The molecular weight excluding hydrogens is 242 g/mol. The Kier molecular flexibility index (Phi) is 2.68. The van der Waals surface area contributed by atoms with Crippen LogP contribution < -0.4 is 0 Å². The molecule has 2 aromatic heterocycles. The van der Waals surface area contributed by atoms with Crippen molar-refractivity contribution in [3.8, 4) is 0 Å². The maximum Gasteiger partial charge on any atom is 0.228 e. The number of aromatic nitrogens is 1. The Bertz CT molecular complexity index is 760. The lowest BCUT2D eigenvalue weighted by Crippen LogP contribution is -2.01. The lowest BCUT2D eigenvalue weighted by molar-refractivity contribution is 0.101. The molecule has 0 amide bonds. The fourth-order valence-corrected chi connectivity index (χ4v) is 1.97. The van der Waals surface area contributed by atoms with E-state index >= 15 is 0 Å². The molecule has 3 rings (SSSR count). The molecule has 0 fully saturated rings. The Labute approximate surface area is 108 Å². The predicted octanol–water partition coefficient (Wildman–Crippen LogP) is 2.87. The molecule has 0 radical (unpaired) electrons. The highest BCUT2D eigenvalue weighted by Crippen LogP contribution is 2.21. The Hall–Kier alpha value is -2.75.